The van der Waals surface area contributed by atoms with Crippen LogP contribution in [0.3, 0.4) is 0 Å². The third-order valence-electron chi connectivity index (χ3n) is 6.46. The minimum atomic E-state index is -4.45. The number of rotatable bonds is 10. The number of carbonyl (C=O) groups excluding carboxylic acids is 1. The zero-order valence-electron chi connectivity index (χ0n) is 26.4. The van der Waals surface area contributed by atoms with Crippen molar-refractivity contribution in [1.29, 1.82) is 0 Å². The molecule has 294 valence electrons. The Kier molecular flexibility index (Phi) is 22.1. The molecule has 0 spiro atoms. The van der Waals surface area contributed by atoms with Crippen LogP contribution in [0.5, 0.6) is 0 Å². The predicted molar refractivity (Wildman–Crippen MR) is 176 cm³/mol. The van der Waals surface area contributed by atoms with E-state index in [1.165, 1.54) is 6.20 Å². The van der Waals surface area contributed by atoms with Crippen molar-refractivity contribution >= 4 is 21.2 Å². The fraction of sp³-hybridized carbons (Fsp3) is 0.444. The molecule has 0 bridgehead atoms. The first-order valence-electron chi connectivity index (χ1n) is 13.7. The van der Waals surface area contributed by atoms with Crippen LogP contribution in [-0.2, 0) is 32.8 Å². The molecule has 5 rings (SSSR count). The van der Waals surface area contributed by atoms with E-state index in [0.29, 0.717) is 0 Å². The molecule has 2 aliphatic heterocycles. The van der Waals surface area contributed by atoms with Crippen molar-refractivity contribution in [3.8, 4) is 0 Å². The SMILES string of the molecule is C.C.O.O=C(OC1C[C@@H](OCP(=O)(O)O)O[C@H]1n1ccc(=O)[nH]c1=O)c1ccccc1.O=c1ccn([C@@H]2O[C@H](OCP(=O)(O)O)CC2O)c(=O)[nH]1.[Na+].[OH-]. The average Bonchev–Trinajstić information content (AvgIpc) is 3.57. The fourth-order valence-electron chi connectivity index (χ4n) is 4.43. The molecule has 2 aromatic heterocycles. The van der Waals surface area contributed by atoms with Gasteiger partial charge in [-0.15, -0.1) is 0 Å². The number of carbonyl (C=O) groups is 1. The number of hydrogen-bond donors (Lipinski definition) is 7. The van der Waals surface area contributed by atoms with Gasteiger partial charge >= 0.3 is 62.1 Å². The standard InChI is InChI=1S/C16H17N2O9P.C9H13N2O8P.2CH4.Na.2H2O/c19-12-6-7-18(16(21)17-12)14-11(8-13(27-14)25-9-28(22,23)24)26-15(20)10-4-2-1-3-5-10;12-5-3-7(18-4-20(15,16)17)19-8(5)11-2-1-6(13)10-9(11)14;;;;;/h1-7,11,13-14H,8-9H2,(H,17,19,21)(H2,22,23,24);1-2,5,7-8,12H,3-4H2,(H,10,13,14)(H2,15,16,17);2*1H4;;2*1H2/q;;;;+1;;/p-1/t11?,13-,14+;5?,7-,8+;;;;;/m00...../s1. The van der Waals surface area contributed by atoms with Gasteiger partial charge in [0.25, 0.3) is 11.1 Å². The number of aromatic amines is 2. The molecule has 26 heteroatoms. The van der Waals surface area contributed by atoms with E-state index < -0.39 is 93.6 Å². The number of ether oxygens (including phenoxy) is 5. The summed E-state index contributed by atoms with van der Waals surface area (Å²) in [5, 5.41) is 9.79. The Bertz CT molecular complexity index is 1910. The summed E-state index contributed by atoms with van der Waals surface area (Å²) < 4.78 is 49.6. The number of aromatic nitrogens is 4. The van der Waals surface area contributed by atoms with Gasteiger partial charge in [0, 0.05) is 37.4 Å². The van der Waals surface area contributed by atoms with Crippen molar-refractivity contribution in [3.05, 3.63) is 102 Å². The molecule has 0 radical (unpaired) electrons. The van der Waals surface area contributed by atoms with E-state index in [1.807, 2.05) is 4.98 Å². The van der Waals surface area contributed by atoms with Gasteiger partial charge < -0.3 is 59.3 Å². The molecule has 0 amide bonds. The topological polar surface area (TPSA) is 370 Å². The van der Waals surface area contributed by atoms with Crippen LogP contribution in [0.15, 0.2) is 74.0 Å². The molecular weight excluding hydrogens is 769 g/mol. The fourth-order valence-corrected chi connectivity index (χ4v) is 5.15. The van der Waals surface area contributed by atoms with Gasteiger partial charge in [-0.2, -0.15) is 0 Å². The summed E-state index contributed by atoms with van der Waals surface area (Å²) >= 11 is 0. The van der Waals surface area contributed by atoms with Crippen LogP contribution < -0.4 is 52.1 Å². The Balaban J connectivity index is 0. The molecule has 2 saturated heterocycles. The third kappa shape index (κ3) is 15.8. The van der Waals surface area contributed by atoms with Crippen LogP contribution in [0.2, 0.25) is 0 Å². The van der Waals surface area contributed by atoms with Gasteiger partial charge in [-0.05, 0) is 12.1 Å². The zero-order valence-corrected chi connectivity index (χ0v) is 30.1. The van der Waals surface area contributed by atoms with Crippen LogP contribution in [0.4, 0.5) is 0 Å². The van der Waals surface area contributed by atoms with Crippen molar-refractivity contribution < 1.29 is 103 Å². The van der Waals surface area contributed by atoms with Crippen LogP contribution in [0, 0.1) is 0 Å². The quantitative estimate of drug-likeness (QED) is 0.0579. The van der Waals surface area contributed by atoms with Gasteiger partial charge in [0.1, 0.15) is 6.10 Å². The van der Waals surface area contributed by atoms with Crippen molar-refractivity contribution in [2.24, 2.45) is 0 Å². The Morgan fingerprint density at radius 3 is 1.66 bits per heavy atom. The zero-order chi connectivity index (χ0) is 35.2. The first-order valence-corrected chi connectivity index (χ1v) is 17.3. The number of aliphatic hydroxyl groups is 1. The molecule has 3 aromatic rings. The monoisotopic (exact) mass is 810 g/mol. The van der Waals surface area contributed by atoms with Gasteiger partial charge in [-0.3, -0.25) is 37.8 Å². The Hall–Kier alpha value is -2.93. The summed E-state index contributed by atoms with van der Waals surface area (Å²) in [4.78, 5) is 97.5. The maximum Gasteiger partial charge on any atom is 1.00 e. The van der Waals surface area contributed by atoms with E-state index in [2.05, 4.69) is 4.98 Å². The molecule has 6 atom stereocenters. The molecule has 0 saturated carbocycles. The van der Waals surface area contributed by atoms with Crippen molar-refractivity contribution in [2.75, 3.05) is 12.7 Å². The van der Waals surface area contributed by atoms with Crippen molar-refractivity contribution in [2.45, 2.75) is 64.9 Å². The maximum absolute atomic E-state index is 12.4. The first-order chi connectivity index (χ1) is 22.5. The van der Waals surface area contributed by atoms with Gasteiger partial charge in [-0.25, -0.2) is 14.4 Å². The smallest absolute Gasteiger partial charge is 0.870 e. The number of aliphatic hydroxyl groups excluding tert-OH is 1. The van der Waals surface area contributed by atoms with Crippen LogP contribution in [0.1, 0.15) is 50.5 Å². The summed E-state index contributed by atoms with van der Waals surface area (Å²) in [5.74, 6) is -0.674. The molecule has 23 nitrogen and oxygen atoms in total. The second-order valence-corrected chi connectivity index (χ2v) is 13.4. The third-order valence-corrected chi connectivity index (χ3v) is 7.43. The molecule has 2 unspecified atom stereocenters. The first kappa shape index (κ1) is 52.2. The van der Waals surface area contributed by atoms with Gasteiger partial charge in [0.15, 0.2) is 43.8 Å². The normalized spacial score (nSPS) is 21.8. The minimum absolute atomic E-state index is 0. The predicted octanol–water partition coefficient (Wildman–Crippen LogP) is -4.27. The molecule has 53 heavy (non-hydrogen) atoms. The number of nitrogens with zero attached hydrogens (tertiary/aromatic N) is 2. The van der Waals surface area contributed by atoms with Gasteiger partial charge in [-0.1, -0.05) is 33.1 Å². The number of hydrogen-bond acceptors (Lipinski definition) is 14. The number of esters is 1. The molecule has 10 N–H and O–H groups in total. The molecule has 2 fully saturated rings. The Morgan fingerprint density at radius 2 is 1.21 bits per heavy atom. The second-order valence-electron chi connectivity index (χ2n) is 10.2. The molecular formula is C27H41N4NaO19P2. The maximum atomic E-state index is 12.4. The van der Waals surface area contributed by atoms with Crippen LogP contribution in [-0.4, -0.2) is 98.2 Å². The van der Waals surface area contributed by atoms with E-state index in [9.17, 15) is 38.2 Å². The molecule has 1 aromatic carbocycles. The molecule has 0 aliphatic carbocycles. The summed E-state index contributed by atoms with van der Waals surface area (Å²) in [7, 11) is -8.79. The largest absolute Gasteiger partial charge is 1.00 e. The van der Waals surface area contributed by atoms with E-state index in [0.717, 1.165) is 27.5 Å². The molecule has 2 aliphatic rings. The van der Waals surface area contributed by atoms with Crippen molar-refractivity contribution in [1.82, 2.24) is 19.1 Å². The van der Waals surface area contributed by atoms with Crippen molar-refractivity contribution in [3.63, 3.8) is 0 Å². The summed E-state index contributed by atoms with van der Waals surface area (Å²) in [6.45, 7) is 0. The van der Waals surface area contributed by atoms with Gasteiger partial charge in [0.05, 0.1) is 5.56 Å². The summed E-state index contributed by atoms with van der Waals surface area (Å²) in [6.07, 6.45) is -6.11. The van der Waals surface area contributed by atoms with Crippen LogP contribution >= 0.6 is 15.2 Å². The van der Waals surface area contributed by atoms with Crippen LogP contribution in [0.25, 0.3) is 0 Å². The molecule has 4 heterocycles. The summed E-state index contributed by atoms with van der Waals surface area (Å²) in [5.41, 5.74) is -2.50. The second kappa shape index (κ2) is 22.4. The Labute approximate surface area is 321 Å². The summed E-state index contributed by atoms with van der Waals surface area (Å²) in [6, 6.07) is 10.3. The minimum Gasteiger partial charge on any atom is -0.870 e. The van der Waals surface area contributed by atoms with Gasteiger partial charge in [0.2, 0.25) is 0 Å². The van der Waals surface area contributed by atoms with E-state index in [-0.39, 0.29) is 73.8 Å². The number of H-pyrrole nitrogens is 2. The number of nitrogens with one attached hydrogen (secondary N) is 2. The van der Waals surface area contributed by atoms with E-state index >= 15 is 0 Å². The van der Waals surface area contributed by atoms with E-state index in [4.69, 9.17) is 43.3 Å². The number of benzene rings is 1. The average molecular weight is 811 g/mol. The van der Waals surface area contributed by atoms with E-state index in [1.54, 1.807) is 30.3 Å². The Morgan fingerprint density at radius 1 is 0.774 bits per heavy atom.